The zero-order valence-electron chi connectivity index (χ0n) is 10.9. The summed E-state index contributed by atoms with van der Waals surface area (Å²) in [7, 11) is 0. The zero-order chi connectivity index (χ0) is 15.0. The average Bonchev–Trinajstić information content (AvgIpc) is 2.80. The summed E-state index contributed by atoms with van der Waals surface area (Å²) in [6.45, 7) is 0. The minimum atomic E-state index is -0.398. The molecule has 3 rings (SSSR count). The summed E-state index contributed by atoms with van der Waals surface area (Å²) in [6.07, 6.45) is 3.24. The van der Waals surface area contributed by atoms with Crippen molar-refractivity contribution in [3.8, 4) is 0 Å². The fraction of sp³-hybridized carbons (Fsp3) is 0.286. The molecule has 1 atom stereocenters. The van der Waals surface area contributed by atoms with Crippen LogP contribution in [-0.2, 0) is 6.42 Å². The molecule has 0 saturated heterocycles. The second-order valence-electron chi connectivity index (χ2n) is 4.94. The molecule has 2 aromatic rings. The van der Waals surface area contributed by atoms with Gasteiger partial charge in [-0.2, -0.15) is 0 Å². The molecule has 0 spiro atoms. The van der Waals surface area contributed by atoms with Crippen molar-refractivity contribution in [1.29, 1.82) is 0 Å². The molecule has 0 radical (unpaired) electrons. The first kappa shape index (κ1) is 14.8. The van der Waals surface area contributed by atoms with Crippen LogP contribution in [0.3, 0.4) is 0 Å². The maximum absolute atomic E-state index is 10.8. The lowest BCUT2D eigenvalue weighted by molar-refractivity contribution is -0.385. The summed E-state index contributed by atoms with van der Waals surface area (Å²) >= 11 is 11.0. The first-order valence-electron chi connectivity index (χ1n) is 6.53. The molecule has 1 aromatic heterocycles. The van der Waals surface area contributed by atoms with E-state index in [2.05, 4.69) is 21.2 Å². The van der Waals surface area contributed by atoms with E-state index >= 15 is 0 Å². The van der Waals surface area contributed by atoms with Gasteiger partial charge in [0.1, 0.15) is 0 Å². The Bertz CT molecular complexity index is 704. The Labute approximate surface area is 139 Å². The van der Waals surface area contributed by atoms with E-state index in [9.17, 15) is 10.1 Å². The molecule has 1 heterocycles. The van der Waals surface area contributed by atoms with E-state index < -0.39 is 4.92 Å². The van der Waals surface area contributed by atoms with Crippen molar-refractivity contribution in [2.75, 3.05) is 5.32 Å². The smallest absolute Gasteiger partial charge is 0.283 e. The molecule has 1 unspecified atom stereocenters. The number of thiophene rings is 1. The van der Waals surface area contributed by atoms with Crippen molar-refractivity contribution in [1.82, 2.24) is 0 Å². The SMILES string of the molecule is O=[N+]([O-])c1ccc(NC2CCCc3sc(Cl)cc32)cc1Br. The van der Waals surface area contributed by atoms with Crippen LogP contribution in [0.25, 0.3) is 0 Å². The van der Waals surface area contributed by atoms with Crippen LogP contribution in [0.4, 0.5) is 11.4 Å². The van der Waals surface area contributed by atoms with Crippen molar-refractivity contribution in [3.63, 3.8) is 0 Å². The molecule has 0 amide bonds. The predicted octanol–water partition coefficient (Wildman–Crippen LogP) is 5.56. The van der Waals surface area contributed by atoms with Crippen LogP contribution in [0.5, 0.6) is 0 Å². The van der Waals surface area contributed by atoms with Gasteiger partial charge in [0.15, 0.2) is 0 Å². The van der Waals surface area contributed by atoms with E-state index in [4.69, 9.17) is 11.6 Å². The molecule has 0 saturated carbocycles. The molecular weight excluding hydrogens is 376 g/mol. The summed E-state index contributed by atoms with van der Waals surface area (Å²) < 4.78 is 1.30. The number of aryl methyl sites for hydroxylation is 1. The van der Waals surface area contributed by atoms with Gasteiger partial charge < -0.3 is 5.32 Å². The van der Waals surface area contributed by atoms with E-state index in [-0.39, 0.29) is 11.7 Å². The van der Waals surface area contributed by atoms with Gasteiger partial charge in [0.05, 0.1) is 19.8 Å². The molecule has 0 fully saturated rings. The summed E-state index contributed by atoms with van der Waals surface area (Å²) in [5.74, 6) is 0. The third-order valence-corrected chi connectivity index (χ3v) is 5.54. The number of fused-ring (bicyclic) bond motifs is 1. The van der Waals surface area contributed by atoms with Crippen molar-refractivity contribution in [2.24, 2.45) is 0 Å². The molecule has 110 valence electrons. The highest BCUT2D eigenvalue weighted by Gasteiger charge is 2.23. The summed E-state index contributed by atoms with van der Waals surface area (Å²) in [5, 5.41) is 14.3. The van der Waals surface area contributed by atoms with Gasteiger partial charge in [0.25, 0.3) is 5.69 Å². The third kappa shape index (κ3) is 3.07. The number of nitro benzene ring substituents is 1. The van der Waals surface area contributed by atoms with Crippen molar-refractivity contribution < 1.29 is 4.92 Å². The number of nitrogens with one attached hydrogen (secondary N) is 1. The van der Waals surface area contributed by atoms with Gasteiger partial charge in [-0.3, -0.25) is 10.1 Å². The summed E-state index contributed by atoms with van der Waals surface area (Å²) in [4.78, 5) is 11.8. The van der Waals surface area contributed by atoms with Crippen LogP contribution >= 0.6 is 38.9 Å². The predicted molar refractivity (Wildman–Crippen MR) is 89.4 cm³/mol. The Morgan fingerprint density at radius 2 is 2.24 bits per heavy atom. The van der Waals surface area contributed by atoms with E-state index in [1.165, 1.54) is 16.5 Å². The normalized spacial score (nSPS) is 17.3. The largest absolute Gasteiger partial charge is 0.378 e. The number of nitro groups is 1. The van der Waals surface area contributed by atoms with Crippen LogP contribution in [0, 0.1) is 10.1 Å². The van der Waals surface area contributed by atoms with Crippen LogP contribution in [-0.4, -0.2) is 4.92 Å². The third-order valence-electron chi connectivity index (χ3n) is 3.57. The van der Waals surface area contributed by atoms with Gasteiger partial charge in [0.2, 0.25) is 0 Å². The average molecular weight is 388 g/mol. The molecule has 0 aliphatic heterocycles. The maximum Gasteiger partial charge on any atom is 0.283 e. The standard InChI is InChI=1S/C14H12BrClN2O2S/c15-10-6-8(4-5-12(10)18(19)20)17-11-2-1-3-13-9(11)7-14(16)21-13/h4-7,11,17H,1-3H2. The van der Waals surface area contributed by atoms with Crippen LogP contribution in [0.15, 0.2) is 28.7 Å². The van der Waals surface area contributed by atoms with Gasteiger partial charge in [-0.15, -0.1) is 11.3 Å². The van der Waals surface area contributed by atoms with E-state index in [1.54, 1.807) is 23.5 Å². The molecular formula is C14H12BrClN2O2S. The molecule has 0 bridgehead atoms. The van der Waals surface area contributed by atoms with Crippen molar-refractivity contribution in [2.45, 2.75) is 25.3 Å². The zero-order valence-corrected chi connectivity index (χ0v) is 14.1. The van der Waals surface area contributed by atoms with Gasteiger partial charge in [-0.05, 0) is 59.0 Å². The van der Waals surface area contributed by atoms with E-state index in [0.29, 0.717) is 4.47 Å². The topological polar surface area (TPSA) is 55.2 Å². The number of hydrogen-bond acceptors (Lipinski definition) is 4. The van der Waals surface area contributed by atoms with Crippen LogP contribution in [0.2, 0.25) is 4.34 Å². The fourth-order valence-electron chi connectivity index (χ4n) is 2.62. The highest BCUT2D eigenvalue weighted by Crippen LogP contribution is 2.40. The van der Waals surface area contributed by atoms with E-state index in [1.807, 2.05) is 6.07 Å². The highest BCUT2D eigenvalue weighted by atomic mass is 79.9. The quantitative estimate of drug-likeness (QED) is 0.554. The van der Waals surface area contributed by atoms with Crippen LogP contribution < -0.4 is 5.32 Å². The van der Waals surface area contributed by atoms with Crippen molar-refractivity contribution >= 4 is 50.2 Å². The van der Waals surface area contributed by atoms with Crippen LogP contribution in [0.1, 0.15) is 29.3 Å². The minimum absolute atomic E-state index is 0.0726. The van der Waals surface area contributed by atoms with Gasteiger partial charge in [0, 0.05) is 16.6 Å². The lowest BCUT2D eigenvalue weighted by Crippen LogP contribution is -2.15. The summed E-state index contributed by atoms with van der Waals surface area (Å²) in [6, 6.07) is 7.24. The number of anilines is 1. The Morgan fingerprint density at radius 1 is 1.43 bits per heavy atom. The van der Waals surface area contributed by atoms with Gasteiger partial charge in [-0.25, -0.2) is 0 Å². The Kier molecular flexibility index (Phi) is 4.19. The summed E-state index contributed by atoms with van der Waals surface area (Å²) in [5.41, 5.74) is 2.20. The molecule has 21 heavy (non-hydrogen) atoms. The maximum atomic E-state index is 10.8. The number of nitrogens with zero attached hydrogens (tertiary/aromatic N) is 1. The lowest BCUT2D eigenvalue weighted by Gasteiger charge is -2.24. The number of halogens is 2. The van der Waals surface area contributed by atoms with E-state index in [0.717, 1.165) is 29.3 Å². The molecule has 4 nitrogen and oxygen atoms in total. The van der Waals surface area contributed by atoms with Gasteiger partial charge >= 0.3 is 0 Å². The second kappa shape index (κ2) is 5.94. The Hall–Kier alpha value is -1.11. The fourth-order valence-corrected chi connectivity index (χ4v) is 4.52. The molecule has 1 aromatic carbocycles. The lowest BCUT2D eigenvalue weighted by atomic mass is 9.94. The first-order valence-corrected chi connectivity index (χ1v) is 8.52. The van der Waals surface area contributed by atoms with Crippen molar-refractivity contribution in [3.05, 3.63) is 53.6 Å². The first-order chi connectivity index (χ1) is 10.0. The number of benzene rings is 1. The number of rotatable bonds is 3. The number of hydrogen-bond donors (Lipinski definition) is 1. The second-order valence-corrected chi connectivity index (χ2v) is 7.56. The van der Waals surface area contributed by atoms with Gasteiger partial charge in [-0.1, -0.05) is 11.6 Å². The minimum Gasteiger partial charge on any atom is -0.378 e. The molecule has 1 aliphatic rings. The Morgan fingerprint density at radius 3 is 2.95 bits per heavy atom. The Balaban J connectivity index is 1.84. The highest BCUT2D eigenvalue weighted by molar-refractivity contribution is 9.10. The molecule has 7 heteroatoms. The monoisotopic (exact) mass is 386 g/mol. The molecule has 1 N–H and O–H groups in total. The molecule has 1 aliphatic carbocycles.